The maximum Gasteiger partial charge on any atom is 0.187 e. The molecule has 0 fully saturated rings. The molecule has 0 radical (unpaired) electrons. The van der Waals surface area contributed by atoms with E-state index in [0.717, 1.165) is 0 Å². The molecule has 0 saturated heterocycles. The van der Waals surface area contributed by atoms with Gasteiger partial charge in [-0.1, -0.05) is 7.43 Å². The first-order chi connectivity index (χ1) is 0. The Hall–Kier alpha value is 1.38. The number of hydrogen-bond acceptors (Lipinski definition) is 1. The molecule has 26 valence electrons. The van der Waals surface area contributed by atoms with Crippen LogP contribution in [0.1, 0.15) is 7.43 Å². The molecule has 1 nitrogen and oxygen atoms in total. The third-order valence-corrected chi connectivity index (χ3v) is 0. The molecular formula is CH10AlNZr. The van der Waals surface area contributed by atoms with E-state index in [1.807, 2.05) is 0 Å². The van der Waals surface area contributed by atoms with E-state index in [9.17, 15) is 0 Å². The molecule has 0 atom stereocenters. The largest absolute Gasteiger partial charge is 0.344 e. The van der Waals surface area contributed by atoms with Crippen LogP contribution in [0.4, 0.5) is 0 Å². The zero-order chi connectivity index (χ0) is 0. The van der Waals surface area contributed by atoms with Crippen LogP contribution in [0.3, 0.4) is 0 Å². The molecule has 0 saturated carbocycles. The van der Waals surface area contributed by atoms with Gasteiger partial charge in [0.1, 0.15) is 0 Å². The summed E-state index contributed by atoms with van der Waals surface area (Å²) in [5, 5.41) is 0. The van der Waals surface area contributed by atoms with E-state index >= 15 is 0 Å². The standard InChI is InChI=1S/CH4.Al.H3N.Zr.3H/h1H4;;1H3;;;;. The second-order valence-corrected chi connectivity index (χ2v) is 0. The number of hydrogen-bond donors (Lipinski definition) is 1. The average molecular weight is 154 g/mol. The van der Waals surface area contributed by atoms with Gasteiger partial charge in [0.15, 0.2) is 17.4 Å². The molecule has 0 aliphatic carbocycles. The summed E-state index contributed by atoms with van der Waals surface area (Å²) in [7, 11) is 0. The monoisotopic (exact) mass is 153 g/mol. The molecule has 0 unspecified atom stereocenters. The summed E-state index contributed by atoms with van der Waals surface area (Å²) in [5.41, 5.74) is 0. The summed E-state index contributed by atoms with van der Waals surface area (Å²) < 4.78 is 0. The zero-order valence-electron chi connectivity index (χ0n) is 1.21. The molecule has 0 spiro atoms. The molecule has 0 bridgehead atoms. The molecule has 3 heteroatoms. The Morgan fingerprint density at radius 1 is 1.00 bits per heavy atom. The van der Waals surface area contributed by atoms with Gasteiger partial charge in [-0.15, -0.1) is 0 Å². The first-order valence-corrected chi connectivity index (χ1v) is 0. The minimum absolute atomic E-state index is 0. The van der Waals surface area contributed by atoms with Crippen molar-refractivity contribution < 1.29 is 26.2 Å². The Morgan fingerprint density at radius 2 is 1.00 bits per heavy atom. The molecule has 0 amide bonds. The van der Waals surface area contributed by atoms with Gasteiger partial charge >= 0.3 is 0 Å². The zero-order valence-corrected chi connectivity index (χ0v) is 3.67. The number of rotatable bonds is 0. The van der Waals surface area contributed by atoms with Crippen LogP contribution in [-0.2, 0) is 26.2 Å². The summed E-state index contributed by atoms with van der Waals surface area (Å²) in [6, 6.07) is 0. The van der Waals surface area contributed by atoms with E-state index in [1.54, 1.807) is 0 Å². The molecule has 0 aromatic heterocycles. The van der Waals surface area contributed by atoms with Crippen LogP contribution in [0.2, 0.25) is 0 Å². The van der Waals surface area contributed by atoms with E-state index in [1.165, 1.54) is 0 Å². The second kappa shape index (κ2) is 26.3. The van der Waals surface area contributed by atoms with Crippen molar-refractivity contribution in [1.82, 2.24) is 6.15 Å². The SMILES string of the molecule is C.N.[AlH3].[Zr]. The third kappa shape index (κ3) is 10.1. The fourth-order valence-electron chi connectivity index (χ4n) is 0. The van der Waals surface area contributed by atoms with Gasteiger partial charge in [0.05, 0.1) is 0 Å². The van der Waals surface area contributed by atoms with E-state index in [0.29, 0.717) is 0 Å². The third-order valence-electron chi connectivity index (χ3n) is 0. The second-order valence-electron chi connectivity index (χ2n) is 0. The molecule has 0 heterocycles. The minimum Gasteiger partial charge on any atom is -0.344 e. The normalized spacial score (nSPS) is 0. The van der Waals surface area contributed by atoms with Crippen molar-refractivity contribution >= 4 is 17.4 Å². The molecule has 0 aromatic carbocycles. The van der Waals surface area contributed by atoms with Gasteiger partial charge in [0, 0.05) is 26.2 Å². The van der Waals surface area contributed by atoms with Gasteiger partial charge in [0.25, 0.3) is 0 Å². The Morgan fingerprint density at radius 3 is 1.00 bits per heavy atom. The molecule has 0 aromatic rings. The van der Waals surface area contributed by atoms with Crippen molar-refractivity contribution in [3.63, 3.8) is 0 Å². The van der Waals surface area contributed by atoms with Crippen molar-refractivity contribution in [3.05, 3.63) is 0 Å². The molecule has 0 aliphatic heterocycles. The van der Waals surface area contributed by atoms with Crippen LogP contribution in [0, 0.1) is 0 Å². The van der Waals surface area contributed by atoms with Crippen LogP contribution in [0.15, 0.2) is 0 Å². The maximum absolute atomic E-state index is 0. The molecule has 3 N–H and O–H groups in total. The van der Waals surface area contributed by atoms with Crippen LogP contribution < -0.4 is 6.15 Å². The minimum atomic E-state index is 0. The Kier molecular flexibility index (Phi) is 358. The Balaban J connectivity index is 0. The van der Waals surface area contributed by atoms with Crippen molar-refractivity contribution in [3.8, 4) is 0 Å². The summed E-state index contributed by atoms with van der Waals surface area (Å²) in [4.78, 5) is 0. The Labute approximate surface area is 57.0 Å². The molecule has 0 rings (SSSR count). The summed E-state index contributed by atoms with van der Waals surface area (Å²) in [6.07, 6.45) is 0. The predicted octanol–water partition coefficient (Wildman–Crippen LogP) is -0.388. The van der Waals surface area contributed by atoms with E-state index < -0.39 is 0 Å². The molecular weight excluding hydrogens is 144 g/mol. The van der Waals surface area contributed by atoms with Gasteiger partial charge < -0.3 is 6.15 Å². The first-order valence-electron chi connectivity index (χ1n) is 0. The van der Waals surface area contributed by atoms with E-state index in [4.69, 9.17) is 0 Å². The van der Waals surface area contributed by atoms with Crippen LogP contribution in [-0.4, -0.2) is 17.4 Å². The fraction of sp³-hybridized carbons (Fsp3) is 1.00. The van der Waals surface area contributed by atoms with Crippen molar-refractivity contribution in [1.29, 1.82) is 0 Å². The average Bonchev–Trinajstić information content (AvgIpc) is 0. The van der Waals surface area contributed by atoms with E-state index in [-0.39, 0.29) is 57.1 Å². The van der Waals surface area contributed by atoms with Gasteiger partial charge in [0.2, 0.25) is 0 Å². The van der Waals surface area contributed by atoms with Crippen LogP contribution >= 0.6 is 0 Å². The van der Waals surface area contributed by atoms with Crippen molar-refractivity contribution in [2.45, 2.75) is 7.43 Å². The Bertz CT molecular complexity index is 8.00. The quantitative estimate of drug-likeness (QED) is 0.474. The van der Waals surface area contributed by atoms with Crippen LogP contribution in [0.5, 0.6) is 0 Å². The van der Waals surface area contributed by atoms with Gasteiger partial charge in [-0.05, 0) is 0 Å². The van der Waals surface area contributed by atoms with Gasteiger partial charge in [-0.2, -0.15) is 0 Å². The molecule has 4 heavy (non-hydrogen) atoms. The van der Waals surface area contributed by atoms with Gasteiger partial charge in [-0.3, -0.25) is 0 Å². The van der Waals surface area contributed by atoms with Crippen LogP contribution in [0.25, 0.3) is 0 Å². The van der Waals surface area contributed by atoms with Crippen molar-refractivity contribution in [2.24, 2.45) is 0 Å². The molecule has 0 aliphatic rings. The van der Waals surface area contributed by atoms with Gasteiger partial charge in [-0.25, -0.2) is 0 Å². The van der Waals surface area contributed by atoms with Crippen molar-refractivity contribution in [2.75, 3.05) is 0 Å². The summed E-state index contributed by atoms with van der Waals surface area (Å²) in [5.74, 6) is 0. The first kappa shape index (κ1) is 54.4. The van der Waals surface area contributed by atoms with E-state index in [2.05, 4.69) is 0 Å². The predicted molar refractivity (Wildman–Crippen MR) is 21.7 cm³/mol. The summed E-state index contributed by atoms with van der Waals surface area (Å²) >= 11 is 0. The summed E-state index contributed by atoms with van der Waals surface area (Å²) in [6.45, 7) is 0. The smallest absolute Gasteiger partial charge is 0.187 e. The topological polar surface area (TPSA) is 35.0 Å². The maximum atomic E-state index is 0. The fourth-order valence-corrected chi connectivity index (χ4v) is 0.